The van der Waals surface area contributed by atoms with Crippen LogP contribution in [0.25, 0.3) is 0 Å². The Morgan fingerprint density at radius 1 is 1.38 bits per heavy atom. The third-order valence-electron chi connectivity index (χ3n) is 5.08. The number of rotatable bonds is 3. The lowest BCUT2D eigenvalue weighted by atomic mass is 9.97. The maximum Gasteiger partial charge on any atom is 0.255 e. The molecule has 1 aromatic heterocycles. The van der Waals surface area contributed by atoms with Gasteiger partial charge in [0.2, 0.25) is 0 Å². The minimum atomic E-state index is -0.275. The molecular formula is C20H20N4O2. The summed E-state index contributed by atoms with van der Waals surface area (Å²) >= 11 is 0. The Morgan fingerprint density at radius 2 is 2.31 bits per heavy atom. The summed E-state index contributed by atoms with van der Waals surface area (Å²) < 4.78 is 6.12. The van der Waals surface area contributed by atoms with Gasteiger partial charge in [0.1, 0.15) is 0 Å². The molecule has 1 amide bonds. The van der Waals surface area contributed by atoms with Crippen molar-refractivity contribution < 1.29 is 9.53 Å². The smallest absolute Gasteiger partial charge is 0.255 e. The van der Waals surface area contributed by atoms with Crippen molar-refractivity contribution in [3.05, 3.63) is 59.9 Å². The molecule has 6 nitrogen and oxygen atoms in total. The van der Waals surface area contributed by atoms with Crippen LogP contribution < -0.4 is 5.32 Å². The molecule has 2 aliphatic rings. The van der Waals surface area contributed by atoms with E-state index in [1.54, 1.807) is 30.6 Å². The van der Waals surface area contributed by atoms with Gasteiger partial charge >= 0.3 is 0 Å². The van der Waals surface area contributed by atoms with Crippen LogP contribution in [0.2, 0.25) is 0 Å². The van der Waals surface area contributed by atoms with E-state index in [1.807, 2.05) is 23.1 Å². The van der Waals surface area contributed by atoms with Crippen LogP contribution in [0.1, 0.15) is 28.8 Å². The topological polar surface area (TPSA) is 78.2 Å². The largest absolute Gasteiger partial charge is 0.380 e. The Bertz CT molecular complexity index is 848. The summed E-state index contributed by atoms with van der Waals surface area (Å²) in [5, 5.41) is 12.5. The molecule has 2 atom stereocenters. The average molecular weight is 348 g/mol. The van der Waals surface area contributed by atoms with Crippen molar-refractivity contribution in [1.29, 1.82) is 5.26 Å². The fourth-order valence-electron chi connectivity index (χ4n) is 3.83. The molecule has 2 aliphatic heterocycles. The van der Waals surface area contributed by atoms with E-state index < -0.39 is 0 Å². The molecular weight excluding hydrogens is 328 g/mol. The number of amides is 1. The first-order chi connectivity index (χ1) is 12.7. The highest BCUT2D eigenvalue weighted by Gasteiger charge is 2.46. The second kappa shape index (κ2) is 6.77. The van der Waals surface area contributed by atoms with E-state index in [9.17, 15) is 4.79 Å². The van der Waals surface area contributed by atoms with Gasteiger partial charge in [-0.25, -0.2) is 0 Å². The zero-order valence-corrected chi connectivity index (χ0v) is 14.4. The maximum atomic E-state index is 12.6. The molecule has 1 spiro atoms. The lowest BCUT2D eigenvalue weighted by molar-refractivity contribution is 0.0125. The molecule has 1 aromatic carbocycles. The van der Waals surface area contributed by atoms with Crippen LogP contribution in [0.5, 0.6) is 0 Å². The van der Waals surface area contributed by atoms with Gasteiger partial charge in [0.05, 0.1) is 42.0 Å². The number of nitrogens with zero attached hydrogens (tertiary/aromatic N) is 3. The Hall–Kier alpha value is -2.91. The molecule has 6 heteroatoms. The fourth-order valence-corrected chi connectivity index (χ4v) is 3.83. The summed E-state index contributed by atoms with van der Waals surface area (Å²) in [6.07, 6.45) is 4.96. The van der Waals surface area contributed by atoms with E-state index in [4.69, 9.17) is 10.00 Å². The summed E-state index contributed by atoms with van der Waals surface area (Å²) in [7, 11) is 0. The van der Waals surface area contributed by atoms with Gasteiger partial charge in [-0.2, -0.15) is 5.26 Å². The van der Waals surface area contributed by atoms with Crippen molar-refractivity contribution in [3.8, 4) is 6.07 Å². The van der Waals surface area contributed by atoms with Crippen molar-refractivity contribution in [1.82, 2.24) is 9.88 Å². The predicted molar refractivity (Wildman–Crippen MR) is 96.6 cm³/mol. The van der Waals surface area contributed by atoms with Crippen LogP contribution in [0.15, 0.2) is 48.8 Å². The molecule has 2 unspecified atom stereocenters. The van der Waals surface area contributed by atoms with Crippen LogP contribution >= 0.6 is 0 Å². The molecule has 2 saturated heterocycles. The highest BCUT2D eigenvalue weighted by molar-refractivity contribution is 5.94. The molecule has 2 aromatic rings. The molecule has 2 fully saturated rings. The first-order valence-corrected chi connectivity index (χ1v) is 8.77. The number of anilines is 1. The second-order valence-corrected chi connectivity index (χ2v) is 6.95. The van der Waals surface area contributed by atoms with Crippen molar-refractivity contribution >= 4 is 11.6 Å². The Balaban J connectivity index is 1.39. The normalized spacial score (nSPS) is 24.6. The van der Waals surface area contributed by atoms with E-state index in [2.05, 4.69) is 16.4 Å². The first-order valence-electron chi connectivity index (χ1n) is 8.77. The molecule has 0 saturated carbocycles. The predicted octanol–water partition coefficient (Wildman–Crippen LogP) is 2.44. The van der Waals surface area contributed by atoms with Gasteiger partial charge < -0.3 is 15.0 Å². The second-order valence-electron chi connectivity index (χ2n) is 6.95. The Labute approximate surface area is 152 Å². The monoisotopic (exact) mass is 348 g/mol. The number of hydrogen-bond acceptors (Lipinski definition) is 5. The minimum absolute atomic E-state index is 0.0108. The van der Waals surface area contributed by atoms with Gasteiger partial charge in [0.15, 0.2) is 0 Å². The van der Waals surface area contributed by atoms with E-state index in [0.29, 0.717) is 30.8 Å². The molecule has 0 radical (unpaired) electrons. The van der Waals surface area contributed by atoms with Crippen LogP contribution in [0, 0.1) is 11.3 Å². The Kier molecular flexibility index (Phi) is 4.31. The summed E-state index contributed by atoms with van der Waals surface area (Å²) in [5.41, 5.74) is 1.90. The molecule has 132 valence electrons. The van der Waals surface area contributed by atoms with Crippen molar-refractivity contribution in [2.45, 2.75) is 24.5 Å². The number of likely N-dealkylation sites (tertiary alicyclic amines) is 1. The zero-order valence-electron chi connectivity index (χ0n) is 14.4. The van der Waals surface area contributed by atoms with Gasteiger partial charge in [-0.05, 0) is 36.8 Å². The summed E-state index contributed by atoms with van der Waals surface area (Å²) in [6, 6.07) is 13.4. The van der Waals surface area contributed by atoms with Crippen molar-refractivity contribution in [2.75, 3.05) is 25.0 Å². The third-order valence-corrected chi connectivity index (χ3v) is 5.08. The number of carbonyl (C=O) groups excluding carboxylic acids is 1. The summed E-state index contributed by atoms with van der Waals surface area (Å²) in [6.45, 7) is 1.91. The van der Waals surface area contributed by atoms with Crippen molar-refractivity contribution in [2.24, 2.45) is 0 Å². The number of carbonyl (C=O) groups is 1. The minimum Gasteiger partial charge on any atom is -0.380 e. The summed E-state index contributed by atoms with van der Waals surface area (Å²) in [4.78, 5) is 18.5. The molecule has 1 N–H and O–H groups in total. The zero-order chi connectivity index (χ0) is 18.0. The molecule has 26 heavy (non-hydrogen) atoms. The lowest BCUT2D eigenvalue weighted by Gasteiger charge is -2.23. The quantitative estimate of drug-likeness (QED) is 0.922. The van der Waals surface area contributed by atoms with Gasteiger partial charge in [-0.15, -0.1) is 0 Å². The fraction of sp³-hybridized carbons (Fsp3) is 0.350. The van der Waals surface area contributed by atoms with E-state index >= 15 is 0 Å². The number of nitriles is 1. The number of pyridine rings is 1. The number of ether oxygens (including phenoxy) is 1. The van der Waals surface area contributed by atoms with Crippen LogP contribution in [-0.2, 0) is 4.74 Å². The number of hydrogen-bond donors (Lipinski definition) is 1. The highest BCUT2D eigenvalue weighted by atomic mass is 16.5. The average Bonchev–Trinajstić information content (AvgIpc) is 3.28. The highest BCUT2D eigenvalue weighted by Crippen LogP contribution is 2.36. The SMILES string of the molecule is N#Cc1cccc(NC2COC3(CCN(C(=O)c4cccnc4)C3)C2)c1. The van der Waals surface area contributed by atoms with Crippen LogP contribution in [0.3, 0.4) is 0 Å². The summed E-state index contributed by atoms with van der Waals surface area (Å²) in [5.74, 6) is 0.0108. The Morgan fingerprint density at radius 3 is 3.12 bits per heavy atom. The number of aromatic nitrogens is 1. The van der Waals surface area contributed by atoms with E-state index in [-0.39, 0.29) is 17.6 Å². The van der Waals surface area contributed by atoms with Gasteiger partial charge in [-0.1, -0.05) is 6.07 Å². The molecule has 3 heterocycles. The third kappa shape index (κ3) is 3.26. The lowest BCUT2D eigenvalue weighted by Crippen LogP contribution is -2.36. The first kappa shape index (κ1) is 16.6. The maximum absolute atomic E-state index is 12.6. The van der Waals surface area contributed by atoms with Crippen LogP contribution in [0.4, 0.5) is 5.69 Å². The number of benzene rings is 1. The van der Waals surface area contributed by atoms with Gasteiger partial charge in [0, 0.05) is 31.0 Å². The van der Waals surface area contributed by atoms with E-state index in [0.717, 1.165) is 18.5 Å². The molecule has 4 rings (SSSR count). The standard InChI is InChI=1S/C20H20N4O2/c21-11-15-3-1-5-17(9-15)23-18-10-20(26-13-18)6-8-24(14-20)19(25)16-4-2-7-22-12-16/h1-5,7,9,12,18,23H,6,8,10,13-14H2. The molecule has 0 bridgehead atoms. The van der Waals surface area contributed by atoms with Crippen LogP contribution in [-0.4, -0.2) is 47.1 Å². The van der Waals surface area contributed by atoms with Gasteiger partial charge in [0.25, 0.3) is 5.91 Å². The van der Waals surface area contributed by atoms with Gasteiger partial charge in [-0.3, -0.25) is 9.78 Å². The van der Waals surface area contributed by atoms with E-state index in [1.165, 1.54) is 0 Å². The molecule has 0 aliphatic carbocycles. The number of nitrogens with one attached hydrogen (secondary N) is 1. The van der Waals surface area contributed by atoms with Crippen molar-refractivity contribution in [3.63, 3.8) is 0 Å².